The Morgan fingerprint density at radius 2 is 1.94 bits per heavy atom. The summed E-state index contributed by atoms with van der Waals surface area (Å²) in [6.07, 6.45) is 3.82. The zero-order valence-electron chi connectivity index (χ0n) is 11.1. The van der Waals surface area contributed by atoms with Crippen LogP contribution in [-0.4, -0.2) is 40.0 Å². The summed E-state index contributed by atoms with van der Waals surface area (Å²) in [4.78, 5) is 0. The largest absolute Gasteiger partial charge is 0.382 e. The summed E-state index contributed by atoms with van der Waals surface area (Å²) in [5.41, 5.74) is 0.568. The van der Waals surface area contributed by atoms with Crippen molar-refractivity contribution in [3.63, 3.8) is 0 Å². The molecule has 0 aromatic carbocycles. The third kappa shape index (κ3) is 4.81. The summed E-state index contributed by atoms with van der Waals surface area (Å²) >= 11 is 0. The van der Waals surface area contributed by atoms with E-state index in [0.29, 0.717) is 12.0 Å². The summed E-state index contributed by atoms with van der Waals surface area (Å²) in [5.74, 6) is 0.802. The molecule has 0 spiro atoms. The molecule has 96 valence electrons. The molecule has 0 aliphatic carbocycles. The van der Waals surface area contributed by atoms with Gasteiger partial charge >= 0.3 is 0 Å². The van der Waals surface area contributed by atoms with Crippen molar-refractivity contribution in [3.8, 4) is 0 Å². The second kappa shape index (κ2) is 7.25. The van der Waals surface area contributed by atoms with Gasteiger partial charge in [0.25, 0.3) is 0 Å². The minimum absolute atomic E-state index is 0.568. The van der Waals surface area contributed by atoms with Gasteiger partial charge in [-0.1, -0.05) is 13.8 Å². The normalized spacial score (nSPS) is 18.8. The fraction of sp³-hybridized carbons (Fsp3) is 1.00. The van der Waals surface area contributed by atoms with Crippen molar-refractivity contribution in [1.29, 1.82) is 0 Å². The number of hydrogen-bond donors (Lipinski definition) is 1. The lowest BCUT2D eigenvalue weighted by Gasteiger charge is -2.44. The number of rotatable bonds is 9. The van der Waals surface area contributed by atoms with Crippen LogP contribution in [0.3, 0.4) is 0 Å². The summed E-state index contributed by atoms with van der Waals surface area (Å²) in [6, 6.07) is 0. The van der Waals surface area contributed by atoms with Crippen molar-refractivity contribution in [3.05, 3.63) is 0 Å². The van der Waals surface area contributed by atoms with E-state index in [2.05, 4.69) is 19.2 Å². The van der Waals surface area contributed by atoms with Crippen LogP contribution in [0.1, 0.15) is 33.1 Å². The quantitative estimate of drug-likeness (QED) is 0.614. The Labute approximate surface area is 99.9 Å². The van der Waals surface area contributed by atoms with Crippen LogP contribution in [0.5, 0.6) is 0 Å². The first-order valence-corrected chi connectivity index (χ1v) is 6.46. The monoisotopic (exact) mass is 229 g/mol. The van der Waals surface area contributed by atoms with E-state index in [1.807, 2.05) is 0 Å². The maximum Gasteiger partial charge on any atom is 0.0700 e. The highest BCUT2D eigenvalue weighted by molar-refractivity contribution is 4.92. The summed E-state index contributed by atoms with van der Waals surface area (Å²) < 4.78 is 10.4. The SMILES string of the molecule is COCCOCCCC1(CC(C)C)CNC1. The van der Waals surface area contributed by atoms with Crippen LogP contribution in [0.25, 0.3) is 0 Å². The van der Waals surface area contributed by atoms with E-state index in [9.17, 15) is 0 Å². The smallest absolute Gasteiger partial charge is 0.0700 e. The van der Waals surface area contributed by atoms with Crippen molar-refractivity contribution in [2.75, 3.05) is 40.0 Å². The van der Waals surface area contributed by atoms with E-state index in [1.165, 1.54) is 32.4 Å². The Bertz CT molecular complexity index is 179. The van der Waals surface area contributed by atoms with Crippen molar-refractivity contribution in [2.45, 2.75) is 33.1 Å². The highest BCUT2D eigenvalue weighted by Crippen LogP contribution is 2.35. The summed E-state index contributed by atoms with van der Waals surface area (Å²) in [7, 11) is 1.71. The molecule has 0 unspecified atom stereocenters. The molecule has 1 N–H and O–H groups in total. The lowest BCUT2D eigenvalue weighted by Crippen LogP contribution is -2.54. The van der Waals surface area contributed by atoms with Gasteiger partial charge in [0, 0.05) is 26.8 Å². The number of methoxy groups -OCH3 is 1. The molecule has 1 saturated heterocycles. The van der Waals surface area contributed by atoms with Gasteiger partial charge in [0.1, 0.15) is 0 Å². The maximum absolute atomic E-state index is 5.50. The molecule has 0 aromatic heterocycles. The molecule has 0 atom stereocenters. The standard InChI is InChI=1S/C13H27NO2/c1-12(2)9-13(10-14-11-13)5-4-6-16-8-7-15-3/h12,14H,4-11H2,1-3H3. The molecule has 1 fully saturated rings. The highest BCUT2D eigenvalue weighted by Gasteiger charge is 2.36. The van der Waals surface area contributed by atoms with Crippen molar-refractivity contribution < 1.29 is 9.47 Å². The molecule has 0 bridgehead atoms. The third-order valence-corrected chi connectivity index (χ3v) is 3.27. The van der Waals surface area contributed by atoms with Crippen LogP contribution in [0.15, 0.2) is 0 Å². The van der Waals surface area contributed by atoms with Crippen LogP contribution in [0.4, 0.5) is 0 Å². The maximum atomic E-state index is 5.50. The van der Waals surface area contributed by atoms with E-state index in [4.69, 9.17) is 9.47 Å². The van der Waals surface area contributed by atoms with Crippen LogP contribution < -0.4 is 5.32 Å². The molecule has 1 aliphatic heterocycles. The Morgan fingerprint density at radius 3 is 2.44 bits per heavy atom. The average molecular weight is 229 g/mol. The van der Waals surface area contributed by atoms with Gasteiger partial charge in [0.05, 0.1) is 13.2 Å². The molecular weight excluding hydrogens is 202 g/mol. The van der Waals surface area contributed by atoms with Crippen LogP contribution in [0.2, 0.25) is 0 Å². The van der Waals surface area contributed by atoms with Gasteiger partial charge < -0.3 is 14.8 Å². The van der Waals surface area contributed by atoms with E-state index in [-0.39, 0.29) is 0 Å². The molecule has 0 aromatic rings. The fourth-order valence-corrected chi connectivity index (χ4v) is 2.56. The van der Waals surface area contributed by atoms with E-state index in [1.54, 1.807) is 7.11 Å². The minimum Gasteiger partial charge on any atom is -0.382 e. The Morgan fingerprint density at radius 1 is 1.19 bits per heavy atom. The molecular formula is C13H27NO2. The first-order chi connectivity index (χ1) is 7.68. The molecule has 1 heterocycles. The molecule has 16 heavy (non-hydrogen) atoms. The molecule has 0 radical (unpaired) electrons. The Kier molecular flexibility index (Phi) is 6.32. The topological polar surface area (TPSA) is 30.5 Å². The van der Waals surface area contributed by atoms with Gasteiger partial charge in [-0.15, -0.1) is 0 Å². The van der Waals surface area contributed by atoms with Gasteiger partial charge in [-0.2, -0.15) is 0 Å². The van der Waals surface area contributed by atoms with E-state index >= 15 is 0 Å². The van der Waals surface area contributed by atoms with E-state index in [0.717, 1.165) is 19.1 Å². The van der Waals surface area contributed by atoms with Gasteiger partial charge in [-0.25, -0.2) is 0 Å². The first kappa shape index (κ1) is 13.9. The molecule has 1 rings (SSSR count). The van der Waals surface area contributed by atoms with Crippen molar-refractivity contribution >= 4 is 0 Å². The van der Waals surface area contributed by atoms with Gasteiger partial charge in [0.15, 0.2) is 0 Å². The first-order valence-electron chi connectivity index (χ1n) is 6.46. The van der Waals surface area contributed by atoms with Gasteiger partial charge in [-0.05, 0) is 30.6 Å². The predicted octanol–water partition coefficient (Wildman–Crippen LogP) is 2.07. The number of hydrogen-bond acceptors (Lipinski definition) is 3. The number of nitrogens with one attached hydrogen (secondary N) is 1. The van der Waals surface area contributed by atoms with Crippen LogP contribution in [0, 0.1) is 11.3 Å². The van der Waals surface area contributed by atoms with Crippen LogP contribution >= 0.6 is 0 Å². The fourth-order valence-electron chi connectivity index (χ4n) is 2.56. The molecule has 3 heteroatoms. The Hall–Kier alpha value is -0.120. The Balaban J connectivity index is 2.05. The second-order valence-corrected chi connectivity index (χ2v) is 5.41. The van der Waals surface area contributed by atoms with Gasteiger partial charge in [0.2, 0.25) is 0 Å². The average Bonchev–Trinajstić information content (AvgIpc) is 2.18. The molecule has 0 amide bonds. The zero-order chi connectivity index (χ0) is 11.9. The molecule has 0 saturated carbocycles. The second-order valence-electron chi connectivity index (χ2n) is 5.41. The molecule has 3 nitrogen and oxygen atoms in total. The summed E-state index contributed by atoms with van der Waals surface area (Å²) in [6.45, 7) is 9.34. The number of ether oxygens (including phenoxy) is 2. The van der Waals surface area contributed by atoms with Gasteiger partial charge in [-0.3, -0.25) is 0 Å². The zero-order valence-corrected chi connectivity index (χ0v) is 11.1. The van der Waals surface area contributed by atoms with E-state index < -0.39 is 0 Å². The minimum atomic E-state index is 0.568. The summed E-state index contributed by atoms with van der Waals surface area (Å²) in [5, 5.41) is 3.41. The highest BCUT2D eigenvalue weighted by atomic mass is 16.5. The lowest BCUT2D eigenvalue weighted by atomic mass is 9.72. The van der Waals surface area contributed by atoms with Crippen LogP contribution in [-0.2, 0) is 9.47 Å². The predicted molar refractivity (Wildman–Crippen MR) is 66.7 cm³/mol. The van der Waals surface area contributed by atoms with Crippen molar-refractivity contribution in [1.82, 2.24) is 5.32 Å². The lowest BCUT2D eigenvalue weighted by molar-refractivity contribution is 0.0527. The third-order valence-electron chi connectivity index (χ3n) is 3.27. The molecule has 1 aliphatic rings. The van der Waals surface area contributed by atoms with Crippen molar-refractivity contribution in [2.24, 2.45) is 11.3 Å².